The molecule has 2 N–H and O–H groups in total. The van der Waals surface area contributed by atoms with Crippen LogP contribution in [-0.4, -0.2) is 53.4 Å². The summed E-state index contributed by atoms with van der Waals surface area (Å²) in [5, 5.41) is 6.18. The molecule has 1 aliphatic rings. The molecule has 1 aliphatic heterocycles. The van der Waals surface area contributed by atoms with Crippen LogP contribution in [0.25, 0.3) is 0 Å². The van der Waals surface area contributed by atoms with Crippen molar-refractivity contribution < 1.29 is 17.9 Å². The quantitative estimate of drug-likeness (QED) is 0.732. The monoisotopic (exact) mass is 340 g/mol. The van der Waals surface area contributed by atoms with E-state index in [2.05, 4.69) is 10.6 Å². The molecule has 1 atom stereocenters. The molecule has 128 valence electrons. The first-order valence-electron chi connectivity index (χ1n) is 7.83. The van der Waals surface area contributed by atoms with Gasteiger partial charge in [-0.1, -0.05) is 0 Å². The molecule has 0 bridgehead atoms. The number of carbonyl (C=O) groups is 1. The second kappa shape index (κ2) is 8.42. The van der Waals surface area contributed by atoms with Gasteiger partial charge in [-0.2, -0.15) is 0 Å². The predicted octanol–water partition coefficient (Wildman–Crippen LogP) is 0.836. The van der Waals surface area contributed by atoms with Crippen LogP contribution >= 0.6 is 0 Å². The number of ether oxygens (including phenoxy) is 1. The lowest BCUT2D eigenvalue weighted by Crippen LogP contribution is -2.26. The number of nitrogens with one attached hydrogen (secondary N) is 2. The van der Waals surface area contributed by atoms with E-state index in [1.54, 1.807) is 12.1 Å². The van der Waals surface area contributed by atoms with Gasteiger partial charge in [0.2, 0.25) is 0 Å². The highest BCUT2D eigenvalue weighted by Crippen LogP contribution is 2.13. The third-order valence-electron chi connectivity index (χ3n) is 4.03. The molecule has 7 heteroatoms. The summed E-state index contributed by atoms with van der Waals surface area (Å²) in [6.07, 6.45) is 2.12. The number of hydrogen-bond donors (Lipinski definition) is 2. The van der Waals surface area contributed by atoms with Crippen LogP contribution in [0.2, 0.25) is 0 Å². The Hall–Kier alpha value is -1.44. The van der Waals surface area contributed by atoms with E-state index < -0.39 is 9.84 Å². The molecule has 0 saturated carbocycles. The minimum absolute atomic E-state index is 0.0650. The molecule has 0 aromatic heterocycles. The molecule has 2 rings (SSSR count). The van der Waals surface area contributed by atoms with E-state index in [1.807, 2.05) is 0 Å². The van der Waals surface area contributed by atoms with E-state index in [9.17, 15) is 13.2 Å². The number of methoxy groups -OCH3 is 1. The van der Waals surface area contributed by atoms with E-state index >= 15 is 0 Å². The summed E-state index contributed by atoms with van der Waals surface area (Å²) in [6, 6.07) is 6.04. The van der Waals surface area contributed by atoms with Gasteiger partial charge in [-0.05, 0) is 56.1 Å². The number of carbonyl (C=O) groups excluding carboxylic acids is 1. The second-order valence-corrected chi connectivity index (χ2v) is 7.85. The van der Waals surface area contributed by atoms with Crippen LogP contribution in [0.15, 0.2) is 29.2 Å². The molecule has 1 saturated heterocycles. The third-order valence-corrected chi connectivity index (χ3v) is 5.73. The topological polar surface area (TPSA) is 84.5 Å². The first-order chi connectivity index (χ1) is 11.0. The smallest absolute Gasteiger partial charge is 0.251 e. The molecule has 1 fully saturated rings. The number of hydrogen-bond acceptors (Lipinski definition) is 5. The summed E-state index contributed by atoms with van der Waals surface area (Å²) < 4.78 is 28.8. The van der Waals surface area contributed by atoms with Gasteiger partial charge in [0.15, 0.2) is 9.84 Å². The van der Waals surface area contributed by atoms with E-state index in [4.69, 9.17) is 4.74 Å². The van der Waals surface area contributed by atoms with Crippen LogP contribution in [-0.2, 0) is 14.6 Å². The molecule has 0 radical (unpaired) electrons. The molecule has 1 unspecified atom stereocenters. The lowest BCUT2D eigenvalue weighted by molar-refractivity contribution is 0.0951. The Bertz CT molecular complexity index is 607. The van der Waals surface area contributed by atoms with Gasteiger partial charge in [0.05, 0.1) is 17.3 Å². The Morgan fingerprint density at radius 2 is 2.09 bits per heavy atom. The molecule has 1 aromatic carbocycles. The average molecular weight is 340 g/mol. The van der Waals surface area contributed by atoms with Gasteiger partial charge in [-0.15, -0.1) is 0 Å². The van der Waals surface area contributed by atoms with Gasteiger partial charge in [-0.3, -0.25) is 4.79 Å². The Balaban J connectivity index is 1.86. The molecule has 6 nitrogen and oxygen atoms in total. The Labute approximate surface area is 137 Å². The highest BCUT2D eigenvalue weighted by Gasteiger charge is 2.16. The molecule has 0 aliphatic carbocycles. The lowest BCUT2D eigenvalue weighted by atomic mass is 10.1. The Morgan fingerprint density at radius 1 is 1.35 bits per heavy atom. The van der Waals surface area contributed by atoms with Crippen LogP contribution in [0.1, 0.15) is 23.2 Å². The predicted molar refractivity (Wildman–Crippen MR) is 88.3 cm³/mol. The van der Waals surface area contributed by atoms with Crippen molar-refractivity contribution >= 4 is 15.7 Å². The maximum Gasteiger partial charge on any atom is 0.251 e. The highest BCUT2D eigenvalue weighted by atomic mass is 32.2. The number of rotatable bonds is 8. The van der Waals surface area contributed by atoms with Gasteiger partial charge in [-0.25, -0.2) is 8.42 Å². The van der Waals surface area contributed by atoms with E-state index in [1.165, 1.54) is 19.2 Å². The standard InChI is InChI=1S/C16H24N2O4S/c1-22-10-11-23(20,21)15-4-2-14(3-5-15)16(19)18-9-7-13-6-8-17-12-13/h2-5,13,17H,6-12H2,1H3,(H,18,19). The lowest BCUT2D eigenvalue weighted by Gasteiger charge is -2.10. The van der Waals surface area contributed by atoms with Gasteiger partial charge in [0.1, 0.15) is 0 Å². The van der Waals surface area contributed by atoms with Gasteiger partial charge in [0, 0.05) is 19.2 Å². The van der Waals surface area contributed by atoms with Crippen molar-refractivity contribution in [1.29, 1.82) is 0 Å². The largest absolute Gasteiger partial charge is 0.384 e. The van der Waals surface area contributed by atoms with Gasteiger partial charge < -0.3 is 15.4 Å². The molecule has 1 amide bonds. The summed E-state index contributed by atoms with van der Waals surface area (Å²) in [6.45, 7) is 2.86. The average Bonchev–Trinajstić information content (AvgIpc) is 3.06. The van der Waals surface area contributed by atoms with Crippen molar-refractivity contribution in [1.82, 2.24) is 10.6 Å². The second-order valence-electron chi connectivity index (χ2n) is 5.74. The van der Waals surface area contributed by atoms with Crippen molar-refractivity contribution in [3.8, 4) is 0 Å². The zero-order chi connectivity index (χ0) is 16.7. The van der Waals surface area contributed by atoms with Crippen molar-refractivity contribution in [2.24, 2.45) is 5.92 Å². The zero-order valence-corrected chi connectivity index (χ0v) is 14.2. The molecular formula is C16H24N2O4S. The summed E-state index contributed by atoms with van der Waals surface area (Å²) in [7, 11) is -1.89. The van der Waals surface area contributed by atoms with Crippen LogP contribution in [0, 0.1) is 5.92 Å². The van der Waals surface area contributed by atoms with Gasteiger partial charge in [0.25, 0.3) is 5.91 Å². The van der Waals surface area contributed by atoms with E-state index in [0.29, 0.717) is 18.0 Å². The fourth-order valence-corrected chi connectivity index (χ4v) is 3.75. The first kappa shape index (κ1) is 17.9. The minimum atomic E-state index is -3.36. The molecular weight excluding hydrogens is 316 g/mol. The highest BCUT2D eigenvalue weighted by molar-refractivity contribution is 7.91. The normalized spacial score (nSPS) is 18.0. The fourth-order valence-electron chi connectivity index (χ4n) is 2.58. The number of sulfone groups is 1. The number of benzene rings is 1. The summed E-state index contributed by atoms with van der Waals surface area (Å²) in [5.74, 6) is 0.394. The first-order valence-corrected chi connectivity index (χ1v) is 9.49. The number of amides is 1. The SMILES string of the molecule is COCCS(=O)(=O)c1ccc(C(=O)NCCC2CCNC2)cc1. The van der Waals surface area contributed by atoms with Crippen molar-refractivity contribution in [2.75, 3.05) is 39.1 Å². The van der Waals surface area contributed by atoms with Crippen LogP contribution in [0.5, 0.6) is 0 Å². The third kappa shape index (κ3) is 5.30. The fraction of sp³-hybridized carbons (Fsp3) is 0.562. The van der Waals surface area contributed by atoms with Crippen molar-refractivity contribution in [3.05, 3.63) is 29.8 Å². The van der Waals surface area contributed by atoms with Crippen LogP contribution < -0.4 is 10.6 Å². The van der Waals surface area contributed by atoms with Crippen molar-refractivity contribution in [2.45, 2.75) is 17.7 Å². The van der Waals surface area contributed by atoms with E-state index in [0.717, 1.165) is 25.9 Å². The summed E-state index contributed by atoms with van der Waals surface area (Å²) >= 11 is 0. The maximum absolute atomic E-state index is 12.1. The Kier molecular flexibility index (Phi) is 6.56. The molecule has 0 spiro atoms. The minimum Gasteiger partial charge on any atom is -0.384 e. The Morgan fingerprint density at radius 3 is 2.70 bits per heavy atom. The van der Waals surface area contributed by atoms with Crippen LogP contribution in [0.3, 0.4) is 0 Å². The zero-order valence-electron chi connectivity index (χ0n) is 13.4. The van der Waals surface area contributed by atoms with E-state index in [-0.39, 0.29) is 23.2 Å². The van der Waals surface area contributed by atoms with Crippen molar-refractivity contribution in [3.63, 3.8) is 0 Å². The molecule has 1 heterocycles. The summed E-state index contributed by atoms with van der Waals surface area (Å²) in [4.78, 5) is 12.3. The van der Waals surface area contributed by atoms with Gasteiger partial charge >= 0.3 is 0 Å². The molecule has 1 aromatic rings. The maximum atomic E-state index is 12.1. The molecule has 23 heavy (non-hydrogen) atoms. The summed E-state index contributed by atoms with van der Waals surface area (Å²) in [5.41, 5.74) is 0.472. The van der Waals surface area contributed by atoms with Crippen LogP contribution in [0.4, 0.5) is 0 Å².